The molecule has 0 saturated carbocycles. The second-order valence-electron chi connectivity index (χ2n) is 16.3. The van der Waals surface area contributed by atoms with Crippen molar-refractivity contribution in [3.8, 4) is 0 Å². The molecule has 0 fully saturated rings. The molecule has 0 saturated heterocycles. The maximum atomic E-state index is 12.8. The summed E-state index contributed by atoms with van der Waals surface area (Å²) < 4.78 is 16.7. The van der Waals surface area contributed by atoms with E-state index in [-0.39, 0.29) is 44.0 Å². The molecule has 62 heavy (non-hydrogen) atoms. The number of esters is 3. The fourth-order valence-electron chi connectivity index (χ4n) is 6.50. The molecule has 0 amide bonds. The van der Waals surface area contributed by atoms with E-state index in [0.717, 1.165) is 109 Å². The highest BCUT2D eigenvalue weighted by molar-refractivity contribution is 5.71. The second-order valence-corrected chi connectivity index (χ2v) is 16.3. The number of unbranched alkanes of at least 4 members (excludes halogenated alkanes) is 17. The summed E-state index contributed by atoms with van der Waals surface area (Å²) in [7, 11) is 0. The van der Waals surface area contributed by atoms with Crippen molar-refractivity contribution in [2.45, 2.75) is 226 Å². The van der Waals surface area contributed by atoms with Gasteiger partial charge in [0.1, 0.15) is 13.2 Å². The fourth-order valence-corrected chi connectivity index (χ4v) is 6.50. The quantitative estimate of drug-likeness (QED) is 0.0263. The van der Waals surface area contributed by atoms with Gasteiger partial charge in [-0.15, -0.1) is 0 Å². The second kappa shape index (κ2) is 50.0. The highest BCUT2D eigenvalue weighted by Crippen LogP contribution is 2.12. The number of hydrogen-bond acceptors (Lipinski definition) is 6. The third kappa shape index (κ3) is 47.4. The van der Waals surface area contributed by atoms with Gasteiger partial charge >= 0.3 is 17.9 Å². The molecular weight excluding hydrogens is 769 g/mol. The third-order valence-electron chi connectivity index (χ3n) is 10.3. The highest BCUT2D eigenvalue weighted by atomic mass is 16.6. The molecule has 0 radical (unpaired) electrons. The minimum atomic E-state index is -0.817. The number of allylic oxidation sites excluding steroid dienone is 16. The summed E-state index contributed by atoms with van der Waals surface area (Å²) in [6.07, 6.45) is 65.4. The van der Waals surface area contributed by atoms with E-state index in [1.165, 1.54) is 64.2 Å². The minimum Gasteiger partial charge on any atom is -0.462 e. The van der Waals surface area contributed by atoms with Gasteiger partial charge in [0.2, 0.25) is 0 Å². The number of hydrogen-bond donors (Lipinski definition) is 0. The first kappa shape index (κ1) is 58.3. The average Bonchev–Trinajstić information content (AvgIpc) is 3.27. The predicted molar refractivity (Wildman–Crippen MR) is 265 cm³/mol. The smallest absolute Gasteiger partial charge is 0.306 e. The summed E-state index contributed by atoms with van der Waals surface area (Å²) in [5.41, 5.74) is 0. The third-order valence-corrected chi connectivity index (χ3v) is 10.3. The average molecular weight is 861 g/mol. The van der Waals surface area contributed by atoms with E-state index in [0.29, 0.717) is 12.8 Å². The van der Waals surface area contributed by atoms with Crippen LogP contribution in [0, 0.1) is 0 Å². The van der Waals surface area contributed by atoms with Crippen LogP contribution in [-0.2, 0) is 28.6 Å². The molecule has 0 aromatic carbocycles. The highest BCUT2D eigenvalue weighted by Gasteiger charge is 2.19. The van der Waals surface area contributed by atoms with Crippen LogP contribution in [0.2, 0.25) is 0 Å². The van der Waals surface area contributed by atoms with Gasteiger partial charge in [-0.1, -0.05) is 182 Å². The Hall–Kier alpha value is -3.67. The van der Waals surface area contributed by atoms with Crippen LogP contribution in [-0.4, -0.2) is 37.2 Å². The molecule has 0 heterocycles. The van der Waals surface area contributed by atoms with Gasteiger partial charge in [0.05, 0.1) is 0 Å². The molecule has 0 aliphatic carbocycles. The molecule has 1 unspecified atom stereocenters. The van der Waals surface area contributed by atoms with E-state index in [1.54, 1.807) is 0 Å². The van der Waals surface area contributed by atoms with Crippen LogP contribution >= 0.6 is 0 Å². The van der Waals surface area contributed by atoms with Crippen molar-refractivity contribution in [2.75, 3.05) is 13.2 Å². The lowest BCUT2D eigenvalue weighted by atomic mass is 10.1. The van der Waals surface area contributed by atoms with Gasteiger partial charge in [-0.25, -0.2) is 0 Å². The first-order valence-corrected chi connectivity index (χ1v) is 25.2. The van der Waals surface area contributed by atoms with Crippen LogP contribution in [0.3, 0.4) is 0 Å². The van der Waals surface area contributed by atoms with Crippen LogP contribution in [0.4, 0.5) is 0 Å². The summed E-state index contributed by atoms with van der Waals surface area (Å²) in [5.74, 6) is -1.01. The summed E-state index contributed by atoms with van der Waals surface area (Å²) >= 11 is 0. The summed E-state index contributed by atoms with van der Waals surface area (Å²) in [4.78, 5) is 37.9. The van der Waals surface area contributed by atoms with Gasteiger partial charge in [0.15, 0.2) is 6.10 Å². The molecule has 6 nitrogen and oxygen atoms in total. The van der Waals surface area contributed by atoms with Crippen molar-refractivity contribution in [1.29, 1.82) is 0 Å². The Labute approximate surface area is 381 Å². The Morgan fingerprint density at radius 2 is 0.645 bits per heavy atom. The lowest BCUT2D eigenvalue weighted by Gasteiger charge is -2.18. The van der Waals surface area contributed by atoms with Gasteiger partial charge in [0, 0.05) is 19.3 Å². The van der Waals surface area contributed by atoms with Gasteiger partial charge in [-0.05, 0) is 116 Å². The van der Waals surface area contributed by atoms with E-state index in [2.05, 4.69) is 118 Å². The van der Waals surface area contributed by atoms with Crippen LogP contribution in [0.1, 0.15) is 220 Å². The molecule has 0 spiro atoms. The van der Waals surface area contributed by atoms with E-state index in [1.807, 2.05) is 0 Å². The Bertz CT molecular complexity index is 1260. The molecule has 6 heteroatoms. The number of carbonyl (C=O) groups excluding carboxylic acids is 3. The maximum absolute atomic E-state index is 12.8. The van der Waals surface area contributed by atoms with Gasteiger partial charge in [0.25, 0.3) is 0 Å². The lowest BCUT2D eigenvalue weighted by Crippen LogP contribution is -2.30. The normalized spacial score (nSPS) is 12.9. The zero-order chi connectivity index (χ0) is 45.1. The van der Waals surface area contributed by atoms with Gasteiger partial charge in [-0.2, -0.15) is 0 Å². The fraction of sp³-hybridized carbons (Fsp3) is 0.661. The molecule has 352 valence electrons. The van der Waals surface area contributed by atoms with Gasteiger partial charge in [-0.3, -0.25) is 14.4 Å². The van der Waals surface area contributed by atoms with E-state index >= 15 is 0 Å². The van der Waals surface area contributed by atoms with Crippen LogP contribution in [0.15, 0.2) is 97.2 Å². The van der Waals surface area contributed by atoms with Crippen LogP contribution < -0.4 is 0 Å². The molecule has 0 aliphatic heterocycles. The van der Waals surface area contributed by atoms with Crippen molar-refractivity contribution in [1.82, 2.24) is 0 Å². The van der Waals surface area contributed by atoms with E-state index < -0.39 is 6.10 Å². The largest absolute Gasteiger partial charge is 0.462 e. The van der Waals surface area contributed by atoms with Crippen molar-refractivity contribution in [3.05, 3.63) is 97.2 Å². The zero-order valence-electron chi connectivity index (χ0n) is 40.1. The summed E-state index contributed by atoms with van der Waals surface area (Å²) in [5, 5.41) is 0. The first-order chi connectivity index (χ1) is 30.5. The molecular formula is C56H92O6. The molecule has 1 atom stereocenters. The Kier molecular flexibility index (Phi) is 47.0. The van der Waals surface area contributed by atoms with E-state index in [9.17, 15) is 14.4 Å². The Morgan fingerprint density at radius 1 is 0.339 bits per heavy atom. The van der Waals surface area contributed by atoms with Crippen LogP contribution in [0.5, 0.6) is 0 Å². The van der Waals surface area contributed by atoms with Crippen molar-refractivity contribution in [2.24, 2.45) is 0 Å². The van der Waals surface area contributed by atoms with Crippen molar-refractivity contribution in [3.63, 3.8) is 0 Å². The SMILES string of the molecule is CC/C=C\C/C=C\C/C=C\CCCCCCC(=O)OC(COC(=O)CCC/C=C\C/C=C\C/C=C\C/C=C\CCCCC)COC(=O)CCCCC/C=C\CCCCCCCC. The topological polar surface area (TPSA) is 78.9 Å². The first-order valence-electron chi connectivity index (χ1n) is 25.2. The number of ether oxygens (including phenoxy) is 3. The summed E-state index contributed by atoms with van der Waals surface area (Å²) in [6.45, 7) is 6.39. The molecule has 0 N–H and O–H groups in total. The molecule has 0 bridgehead atoms. The monoisotopic (exact) mass is 861 g/mol. The number of rotatable bonds is 44. The van der Waals surface area contributed by atoms with Crippen molar-refractivity contribution >= 4 is 17.9 Å². The van der Waals surface area contributed by atoms with Crippen molar-refractivity contribution < 1.29 is 28.6 Å². The molecule has 0 aliphatic rings. The Balaban J connectivity index is 4.54. The minimum absolute atomic E-state index is 0.113. The summed E-state index contributed by atoms with van der Waals surface area (Å²) in [6, 6.07) is 0. The lowest BCUT2D eigenvalue weighted by molar-refractivity contribution is -0.167. The molecule has 0 aromatic heterocycles. The number of carbonyl (C=O) groups is 3. The Morgan fingerprint density at radius 3 is 1.11 bits per heavy atom. The molecule has 0 aromatic rings. The zero-order valence-corrected chi connectivity index (χ0v) is 40.1. The standard InChI is InChI=1S/C56H92O6/c1-4-7-10-13-16-19-22-25-27-28-29-32-34-37-40-43-46-49-55(58)61-52-53(51-60-54(57)48-45-42-39-36-33-30-24-21-18-15-12-9-6-3)62-56(59)50-47-44-41-38-35-31-26-23-20-17-14-11-8-5-2/h8,11,16-17,19-20,25-27,29-33,37,40,53H,4-7,9-10,12-15,18,21-24,28,34-36,38-39,41-52H2,1-3H3/b11-8-,19-16-,20-17-,27-25-,31-26-,32-29-,33-30-,40-37-. The maximum Gasteiger partial charge on any atom is 0.306 e. The van der Waals surface area contributed by atoms with Gasteiger partial charge < -0.3 is 14.2 Å². The van der Waals surface area contributed by atoms with E-state index in [4.69, 9.17) is 14.2 Å². The molecule has 0 rings (SSSR count). The van der Waals surface area contributed by atoms with Crippen LogP contribution in [0.25, 0.3) is 0 Å². The predicted octanol–water partition coefficient (Wildman–Crippen LogP) is 16.6.